The molecule has 0 unspecified atom stereocenters. The fraction of sp³-hybridized carbons (Fsp3) is 0.278. The second-order valence-corrected chi connectivity index (χ2v) is 7.16. The van der Waals surface area contributed by atoms with Crippen LogP contribution in [-0.4, -0.2) is 31.2 Å². The summed E-state index contributed by atoms with van der Waals surface area (Å²) in [6.07, 6.45) is -0.0344. The summed E-state index contributed by atoms with van der Waals surface area (Å²) in [5.41, 5.74) is 2.71. The maximum atomic E-state index is 11.1. The first-order valence-electron chi connectivity index (χ1n) is 8.36. The molecule has 0 aliphatic rings. The van der Waals surface area contributed by atoms with Gasteiger partial charge in [0, 0.05) is 23.4 Å². The second kappa shape index (κ2) is 8.17. The number of thioether (sulfide) groups is 1. The molecule has 0 spiro atoms. The molecule has 27 heavy (non-hydrogen) atoms. The summed E-state index contributed by atoms with van der Waals surface area (Å²) in [4.78, 5) is 10.7. The summed E-state index contributed by atoms with van der Waals surface area (Å²) in [6.45, 7) is 5.83. The molecule has 0 amide bonds. The molecule has 0 aliphatic heterocycles. The molecule has 2 aromatic carbocycles. The van der Waals surface area contributed by atoms with Gasteiger partial charge in [-0.3, -0.25) is 10.1 Å². The van der Waals surface area contributed by atoms with E-state index in [0.717, 1.165) is 16.8 Å². The summed E-state index contributed by atoms with van der Waals surface area (Å²) in [7, 11) is 0. The van der Waals surface area contributed by atoms with Crippen LogP contribution in [0.4, 0.5) is 5.69 Å². The highest BCUT2D eigenvalue weighted by molar-refractivity contribution is 7.98. The molecular weight excluding hydrogens is 366 g/mol. The smallest absolute Gasteiger partial charge is 0.270 e. The van der Waals surface area contributed by atoms with Gasteiger partial charge in [0.25, 0.3) is 5.69 Å². The molecule has 0 N–H and O–H groups in total. The highest BCUT2D eigenvalue weighted by Gasteiger charge is 2.16. The van der Waals surface area contributed by atoms with Crippen molar-refractivity contribution in [2.45, 2.75) is 37.8 Å². The van der Waals surface area contributed by atoms with Crippen molar-refractivity contribution < 1.29 is 9.66 Å². The van der Waals surface area contributed by atoms with E-state index in [2.05, 4.69) is 15.5 Å². The van der Waals surface area contributed by atoms with Gasteiger partial charge in [0.1, 0.15) is 5.75 Å². The van der Waals surface area contributed by atoms with Gasteiger partial charge in [0.05, 0.1) is 16.7 Å². The molecule has 1 heterocycles. The van der Waals surface area contributed by atoms with Crippen molar-refractivity contribution in [2.24, 2.45) is 0 Å². The number of tetrazole rings is 1. The van der Waals surface area contributed by atoms with Crippen LogP contribution in [0.25, 0.3) is 5.69 Å². The molecular formula is C18H19N5O3S. The number of nitro benzene ring substituents is 1. The predicted molar refractivity (Wildman–Crippen MR) is 102 cm³/mol. The quantitative estimate of drug-likeness (QED) is 0.345. The van der Waals surface area contributed by atoms with E-state index in [9.17, 15) is 10.1 Å². The molecule has 8 nitrogen and oxygen atoms in total. The highest BCUT2D eigenvalue weighted by atomic mass is 32.2. The number of hydrogen-bond acceptors (Lipinski definition) is 7. The van der Waals surface area contributed by atoms with Gasteiger partial charge < -0.3 is 4.74 Å². The Balaban J connectivity index is 1.86. The normalized spacial score (nSPS) is 11.0. The van der Waals surface area contributed by atoms with Crippen molar-refractivity contribution in [1.29, 1.82) is 0 Å². The standard InChI is InChI=1S/C18H19N5O3S/c1-12(2)26-17-8-7-16(23(24)25)10-14(17)11-27-18-19-20-21-22(18)15-6-4-5-13(3)9-15/h4-10,12H,11H2,1-3H3. The van der Waals surface area contributed by atoms with Gasteiger partial charge >= 0.3 is 0 Å². The molecule has 0 aliphatic carbocycles. The molecule has 3 rings (SSSR count). The minimum Gasteiger partial charge on any atom is -0.491 e. The van der Waals surface area contributed by atoms with Gasteiger partial charge in [0.15, 0.2) is 0 Å². The van der Waals surface area contributed by atoms with Crippen molar-refractivity contribution in [3.05, 3.63) is 63.7 Å². The molecule has 1 aromatic heterocycles. The van der Waals surface area contributed by atoms with Crippen molar-refractivity contribution in [2.75, 3.05) is 0 Å². The number of aryl methyl sites for hydroxylation is 1. The molecule has 0 fully saturated rings. The van der Waals surface area contributed by atoms with E-state index in [0.29, 0.717) is 16.7 Å². The third kappa shape index (κ3) is 4.62. The number of rotatable bonds is 7. The average Bonchev–Trinajstić information content (AvgIpc) is 3.09. The third-order valence-electron chi connectivity index (χ3n) is 3.66. The summed E-state index contributed by atoms with van der Waals surface area (Å²) in [6, 6.07) is 12.5. The van der Waals surface area contributed by atoms with E-state index in [-0.39, 0.29) is 11.8 Å². The lowest BCUT2D eigenvalue weighted by Gasteiger charge is -2.14. The fourth-order valence-corrected chi connectivity index (χ4v) is 3.36. The van der Waals surface area contributed by atoms with E-state index < -0.39 is 4.92 Å². The number of non-ortho nitro benzene ring substituents is 1. The van der Waals surface area contributed by atoms with Crippen LogP contribution in [-0.2, 0) is 5.75 Å². The zero-order chi connectivity index (χ0) is 19.4. The molecule has 9 heteroatoms. The SMILES string of the molecule is Cc1cccc(-n2nnnc2SCc2cc([N+](=O)[O-])ccc2OC(C)C)c1. The van der Waals surface area contributed by atoms with Gasteiger partial charge in [0.2, 0.25) is 5.16 Å². The minimum absolute atomic E-state index is 0.0278. The van der Waals surface area contributed by atoms with Crippen LogP contribution in [0.5, 0.6) is 5.75 Å². The van der Waals surface area contributed by atoms with Crippen LogP contribution in [0.15, 0.2) is 47.6 Å². The number of aromatic nitrogens is 4. The number of ether oxygens (including phenoxy) is 1. The second-order valence-electron chi connectivity index (χ2n) is 6.22. The number of hydrogen-bond donors (Lipinski definition) is 0. The Bertz CT molecular complexity index is 958. The van der Waals surface area contributed by atoms with Crippen LogP contribution < -0.4 is 4.74 Å². The van der Waals surface area contributed by atoms with Crippen LogP contribution in [0.1, 0.15) is 25.0 Å². The fourth-order valence-electron chi connectivity index (χ4n) is 2.49. The lowest BCUT2D eigenvalue weighted by Crippen LogP contribution is -2.07. The van der Waals surface area contributed by atoms with Gasteiger partial charge in [-0.25, -0.2) is 0 Å². The van der Waals surface area contributed by atoms with Crippen LogP contribution in [0.3, 0.4) is 0 Å². The van der Waals surface area contributed by atoms with E-state index in [4.69, 9.17) is 4.74 Å². The van der Waals surface area contributed by atoms with Gasteiger partial charge in [-0.15, -0.1) is 5.10 Å². The summed E-state index contributed by atoms with van der Waals surface area (Å²) >= 11 is 1.39. The average molecular weight is 385 g/mol. The monoisotopic (exact) mass is 385 g/mol. The molecule has 0 atom stereocenters. The van der Waals surface area contributed by atoms with Crippen molar-refractivity contribution in [1.82, 2.24) is 20.2 Å². The van der Waals surface area contributed by atoms with Crippen LogP contribution in [0.2, 0.25) is 0 Å². The Hall–Kier alpha value is -2.94. The largest absolute Gasteiger partial charge is 0.491 e. The molecule has 0 bridgehead atoms. The maximum absolute atomic E-state index is 11.1. The van der Waals surface area contributed by atoms with Crippen LogP contribution in [0, 0.1) is 17.0 Å². The van der Waals surface area contributed by atoms with Crippen LogP contribution >= 0.6 is 11.8 Å². The summed E-state index contributed by atoms with van der Waals surface area (Å²) in [5.74, 6) is 1.06. The highest BCUT2D eigenvalue weighted by Crippen LogP contribution is 2.31. The Morgan fingerprint density at radius 1 is 1.26 bits per heavy atom. The Labute approximate surface area is 160 Å². The molecule has 0 saturated heterocycles. The van der Waals surface area contributed by atoms with E-state index >= 15 is 0 Å². The summed E-state index contributed by atoms with van der Waals surface area (Å²) in [5, 5.41) is 23.6. The topological polar surface area (TPSA) is 96.0 Å². The molecule has 0 radical (unpaired) electrons. The number of nitro groups is 1. The van der Waals surface area contributed by atoms with Crippen molar-refractivity contribution in [3.8, 4) is 11.4 Å². The van der Waals surface area contributed by atoms with E-state index in [1.165, 1.54) is 23.9 Å². The molecule has 0 saturated carbocycles. The van der Waals surface area contributed by atoms with Gasteiger partial charge in [-0.1, -0.05) is 23.9 Å². The molecule has 140 valence electrons. The number of nitrogens with zero attached hydrogens (tertiary/aromatic N) is 5. The number of benzene rings is 2. The van der Waals surface area contributed by atoms with E-state index in [1.54, 1.807) is 10.7 Å². The Morgan fingerprint density at radius 2 is 2.07 bits per heavy atom. The minimum atomic E-state index is -0.413. The summed E-state index contributed by atoms with van der Waals surface area (Å²) < 4.78 is 7.44. The van der Waals surface area contributed by atoms with Crippen molar-refractivity contribution in [3.63, 3.8) is 0 Å². The predicted octanol–water partition coefficient (Wildman–Crippen LogP) is 3.96. The zero-order valence-electron chi connectivity index (χ0n) is 15.2. The van der Waals surface area contributed by atoms with Gasteiger partial charge in [-0.05, 0) is 55.0 Å². The Morgan fingerprint density at radius 3 is 2.78 bits per heavy atom. The van der Waals surface area contributed by atoms with E-state index in [1.807, 2.05) is 45.0 Å². The van der Waals surface area contributed by atoms with Crippen molar-refractivity contribution >= 4 is 17.4 Å². The van der Waals surface area contributed by atoms with Gasteiger partial charge in [-0.2, -0.15) is 4.68 Å². The first-order valence-corrected chi connectivity index (χ1v) is 9.35. The molecule has 3 aromatic rings. The first kappa shape index (κ1) is 18.8. The third-order valence-corrected chi connectivity index (χ3v) is 4.63. The first-order chi connectivity index (χ1) is 12.9. The Kier molecular flexibility index (Phi) is 5.70. The lowest BCUT2D eigenvalue weighted by molar-refractivity contribution is -0.384. The maximum Gasteiger partial charge on any atom is 0.270 e. The zero-order valence-corrected chi connectivity index (χ0v) is 16.0. The lowest BCUT2D eigenvalue weighted by atomic mass is 10.2.